The Labute approximate surface area is 153 Å². The molecule has 1 aliphatic rings. The normalized spacial score (nSPS) is 14.6. The van der Waals surface area contributed by atoms with Gasteiger partial charge in [-0.05, 0) is 30.3 Å². The molecule has 0 saturated carbocycles. The molecule has 0 aliphatic carbocycles. The molecule has 10 heteroatoms. The second-order valence-corrected chi connectivity index (χ2v) is 7.31. The lowest BCUT2D eigenvalue weighted by Crippen LogP contribution is -2.29. The average Bonchev–Trinajstić information content (AvgIpc) is 2.96. The summed E-state index contributed by atoms with van der Waals surface area (Å²) in [6, 6.07) is 6.53. The maximum absolute atomic E-state index is 13.8. The molecule has 142 valence electrons. The van der Waals surface area contributed by atoms with Crippen molar-refractivity contribution in [2.45, 2.75) is 17.7 Å². The molecule has 0 aromatic heterocycles. The molecule has 7 nitrogen and oxygen atoms in total. The van der Waals surface area contributed by atoms with E-state index in [1.54, 1.807) is 0 Å². The molecule has 3 rings (SSSR count). The van der Waals surface area contributed by atoms with Crippen LogP contribution >= 0.6 is 0 Å². The number of halogens is 2. The Morgan fingerprint density at radius 1 is 1.04 bits per heavy atom. The van der Waals surface area contributed by atoms with Gasteiger partial charge in [0.1, 0.15) is 28.0 Å². The number of ether oxygens (including phenoxy) is 1. The van der Waals surface area contributed by atoms with Crippen LogP contribution in [0, 0.1) is 11.6 Å². The Morgan fingerprint density at radius 2 is 1.63 bits per heavy atom. The zero-order chi connectivity index (χ0) is 19.8. The number of sulfonamides is 1. The number of methoxy groups -OCH3 is 1. The van der Waals surface area contributed by atoms with Gasteiger partial charge in [0.2, 0.25) is 11.8 Å². The van der Waals surface area contributed by atoms with E-state index in [0.717, 1.165) is 29.2 Å². The summed E-state index contributed by atoms with van der Waals surface area (Å²) in [5, 5.41) is 0. The molecule has 1 saturated heterocycles. The standard InChI is InChI=1S/C17H14F2N2O5S/c1-26-13-6-5-10(21-15(22)7-8-16(21)23)9-14(13)27(24,25)20-17-11(18)3-2-4-12(17)19/h2-6,9,20H,7-8H2,1H3. The molecule has 1 fully saturated rings. The third-order valence-corrected chi connectivity index (χ3v) is 5.32. The molecule has 1 N–H and O–H groups in total. The van der Waals surface area contributed by atoms with E-state index in [1.807, 2.05) is 4.72 Å². The number of carbonyl (C=O) groups is 2. The summed E-state index contributed by atoms with van der Waals surface area (Å²) in [5.74, 6) is -3.26. The van der Waals surface area contributed by atoms with E-state index in [2.05, 4.69) is 0 Å². The van der Waals surface area contributed by atoms with Crippen LogP contribution in [0.1, 0.15) is 12.8 Å². The molecular weight excluding hydrogens is 382 g/mol. The van der Waals surface area contributed by atoms with Gasteiger partial charge in [0.15, 0.2) is 0 Å². The smallest absolute Gasteiger partial charge is 0.265 e. The lowest BCUT2D eigenvalue weighted by atomic mass is 10.2. The minimum absolute atomic E-state index is 0.0195. The Hall–Kier alpha value is -3.01. The largest absolute Gasteiger partial charge is 0.495 e. The van der Waals surface area contributed by atoms with Crippen LogP contribution in [0.15, 0.2) is 41.3 Å². The molecule has 0 radical (unpaired) electrons. The number of anilines is 2. The fraction of sp³-hybridized carbons (Fsp3) is 0.176. The highest BCUT2D eigenvalue weighted by Gasteiger charge is 2.32. The van der Waals surface area contributed by atoms with Crippen LogP contribution in [0.2, 0.25) is 0 Å². The first-order valence-corrected chi connectivity index (χ1v) is 9.23. The number of para-hydroxylation sites is 1. The predicted octanol–water partition coefficient (Wildman–Crippen LogP) is 2.43. The Morgan fingerprint density at radius 3 is 2.19 bits per heavy atom. The minimum Gasteiger partial charge on any atom is -0.495 e. The number of hydrogen-bond acceptors (Lipinski definition) is 5. The first-order valence-electron chi connectivity index (χ1n) is 7.75. The van der Waals surface area contributed by atoms with Gasteiger partial charge in [0.05, 0.1) is 12.8 Å². The number of imide groups is 1. The van der Waals surface area contributed by atoms with E-state index in [-0.39, 0.29) is 24.3 Å². The van der Waals surface area contributed by atoms with Crippen LogP contribution < -0.4 is 14.4 Å². The topological polar surface area (TPSA) is 92.8 Å². The summed E-state index contributed by atoms with van der Waals surface area (Å²) >= 11 is 0. The first kappa shape index (κ1) is 18.8. The van der Waals surface area contributed by atoms with E-state index in [4.69, 9.17) is 4.74 Å². The number of carbonyl (C=O) groups excluding carboxylic acids is 2. The van der Waals surface area contributed by atoms with Crippen molar-refractivity contribution in [2.24, 2.45) is 0 Å². The van der Waals surface area contributed by atoms with E-state index >= 15 is 0 Å². The lowest BCUT2D eigenvalue weighted by Gasteiger charge is -2.17. The molecule has 0 bridgehead atoms. The molecule has 27 heavy (non-hydrogen) atoms. The van der Waals surface area contributed by atoms with Crippen molar-refractivity contribution in [2.75, 3.05) is 16.7 Å². The van der Waals surface area contributed by atoms with Crippen molar-refractivity contribution >= 4 is 33.2 Å². The molecule has 0 spiro atoms. The van der Waals surface area contributed by atoms with E-state index in [9.17, 15) is 26.8 Å². The fourth-order valence-corrected chi connectivity index (χ4v) is 3.93. The summed E-state index contributed by atoms with van der Waals surface area (Å²) in [5.41, 5.74) is -0.823. The summed E-state index contributed by atoms with van der Waals surface area (Å²) in [6.07, 6.45) is 0.0390. The van der Waals surface area contributed by atoms with Crippen LogP contribution in [0.3, 0.4) is 0 Å². The lowest BCUT2D eigenvalue weighted by molar-refractivity contribution is -0.121. The van der Waals surface area contributed by atoms with Gasteiger partial charge in [-0.3, -0.25) is 19.2 Å². The van der Waals surface area contributed by atoms with Crippen LogP contribution in [0.25, 0.3) is 0 Å². The summed E-state index contributed by atoms with van der Waals surface area (Å²) in [6.45, 7) is 0. The molecule has 2 aromatic carbocycles. The molecular formula is C17H14F2N2O5S. The minimum atomic E-state index is -4.49. The van der Waals surface area contributed by atoms with Gasteiger partial charge in [0.25, 0.3) is 10.0 Å². The van der Waals surface area contributed by atoms with Crippen LogP contribution in [-0.4, -0.2) is 27.3 Å². The van der Waals surface area contributed by atoms with Crippen molar-refractivity contribution in [3.05, 3.63) is 48.0 Å². The van der Waals surface area contributed by atoms with Gasteiger partial charge in [0, 0.05) is 12.8 Å². The quantitative estimate of drug-likeness (QED) is 0.784. The summed E-state index contributed by atoms with van der Waals surface area (Å²) in [7, 11) is -3.28. The highest BCUT2D eigenvalue weighted by molar-refractivity contribution is 7.92. The van der Waals surface area contributed by atoms with Crippen LogP contribution in [0.5, 0.6) is 5.75 Å². The van der Waals surface area contributed by atoms with Gasteiger partial charge in [-0.1, -0.05) is 6.07 Å². The predicted molar refractivity (Wildman–Crippen MR) is 91.9 cm³/mol. The maximum Gasteiger partial charge on any atom is 0.265 e. The van der Waals surface area contributed by atoms with Crippen LogP contribution in [-0.2, 0) is 19.6 Å². The summed E-state index contributed by atoms with van der Waals surface area (Å²) in [4.78, 5) is 24.2. The van der Waals surface area contributed by atoms with Crippen molar-refractivity contribution < 1.29 is 31.5 Å². The zero-order valence-electron chi connectivity index (χ0n) is 14.0. The Bertz CT molecular complexity index is 1000. The molecule has 2 aromatic rings. The van der Waals surface area contributed by atoms with Crippen LogP contribution in [0.4, 0.5) is 20.2 Å². The fourth-order valence-electron chi connectivity index (χ4n) is 2.66. The molecule has 2 amide bonds. The second-order valence-electron chi connectivity index (χ2n) is 5.66. The average molecular weight is 396 g/mol. The highest BCUT2D eigenvalue weighted by Crippen LogP contribution is 2.33. The highest BCUT2D eigenvalue weighted by atomic mass is 32.2. The number of hydrogen-bond donors (Lipinski definition) is 1. The van der Waals surface area contributed by atoms with E-state index in [1.165, 1.54) is 19.2 Å². The molecule has 0 unspecified atom stereocenters. The van der Waals surface area contributed by atoms with Crippen molar-refractivity contribution in [1.29, 1.82) is 0 Å². The molecule has 1 aliphatic heterocycles. The molecule has 1 heterocycles. The molecule has 0 atom stereocenters. The number of nitrogens with zero attached hydrogens (tertiary/aromatic N) is 1. The Kier molecular flexibility index (Phi) is 4.83. The Balaban J connectivity index is 2.07. The monoisotopic (exact) mass is 396 g/mol. The number of rotatable bonds is 5. The number of amides is 2. The van der Waals surface area contributed by atoms with Crippen molar-refractivity contribution in [3.63, 3.8) is 0 Å². The van der Waals surface area contributed by atoms with Gasteiger partial charge in [-0.15, -0.1) is 0 Å². The SMILES string of the molecule is COc1ccc(N2C(=O)CCC2=O)cc1S(=O)(=O)Nc1c(F)cccc1F. The van der Waals surface area contributed by atoms with Crippen molar-refractivity contribution in [3.8, 4) is 5.75 Å². The summed E-state index contributed by atoms with van der Waals surface area (Å²) < 4.78 is 59.9. The first-order chi connectivity index (χ1) is 12.7. The van der Waals surface area contributed by atoms with Gasteiger partial charge >= 0.3 is 0 Å². The zero-order valence-corrected chi connectivity index (χ0v) is 14.8. The van der Waals surface area contributed by atoms with Gasteiger partial charge < -0.3 is 4.74 Å². The second kappa shape index (κ2) is 6.95. The van der Waals surface area contributed by atoms with Gasteiger partial charge in [-0.25, -0.2) is 17.2 Å². The number of nitrogens with one attached hydrogen (secondary N) is 1. The third-order valence-electron chi connectivity index (χ3n) is 3.95. The van der Waals surface area contributed by atoms with Crippen molar-refractivity contribution in [1.82, 2.24) is 0 Å². The third kappa shape index (κ3) is 3.47. The van der Waals surface area contributed by atoms with E-state index < -0.39 is 44.1 Å². The maximum atomic E-state index is 13.8. The van der Waals surface area contributed by atoms with E-state index in [0.29, 0.717) is 0 Å². The number of benzene rings is 2. The van der Waals surface area contributed by atoms with Gasteiger partial charge in [-0.2, -0.15) is 0 Å².